The standard InChI is InChI=1S/C23H26F2N6O4/c24-20(25)12-34-16-7-8-19-17(9-27-31(19)10-16)22(33)28-13-1-5-15(6-2-13)35-23-18(21(26)32)11-30(29-23)14-3-4-14/h7-11,13-15,20H,1-6,12H2,(H2,26,32)(H,28,33)/t13-,15-. The summed E-state index contributed by atoms with van der Waals surface area (Å²) in [6.07, 6.45) is 6.73. The molecule has 12 heteroatoms. The average Bonchev–Trinajstić information content (AvgIpc) is 3.46. The molecular weight excluding hydrogens is 462 g/mol. The van der Waals surface area contributed by atoms with Gasteiger partial charge in [0.15, 0.2) is 0 Å². The molecule has 186 valence electrons. The molecule has 2 aliphatic carbocycles. The number of amides is 2. The Hall–Kier alpha value is -3.70. The summed E-state index contributed by atoms with van der Waals surface area (Å²) >= 11 is 0. The second kappa shape index (κ2) is 9.51. The summed E-state index contributed by atoms with van der Waals surface area (Å²) in [5, 5.41) is 11.6. The normalized spacial score (nSPS) is 20.2. The molecule has 5 rings (SSSR count). The number of nitrogens with one attached hydrogen (secondary N) is 1. The van der Waals surface area contributed by atoms with Crippen LogP contribution in [0.25, 0.3) is 5.52 Å². The lowest BCUT2D eigenvalue weighted by molar-refractivity contribution is 0.0816. The minimum absolute atomic E-state index is 0.0365. The highest BCUT2D eigenvalue weighted by Crippen LogP contribution is 2.36. The van der Waals surface area contributed by atoms with Crippen LogP contribution in [0.2, 0.25) is 0 Å². The van der Waals surface area contributed by atoms with Gasteiger partial charge in [0.05, 0.1) is 29.5 Å². The molecule has 2 fully saturated rings. The molecule has 0 spiro atoms. The van der Waals surface area contributed by atoms with Crippen LogP contribution in [0.3, 0.4) is 0 Å². The van der Waals surface area contributed by atoms with Gasteiger partial charge in [-0.25, -0.2) is 13.3 Å². The highest BCUT2D eigenvalue weighted by Gasteiger charge is 2.30. The number of fused-ring (bicyclic) bond motifs is 1. The minimum Gasteiger partial charge on any atom is -0.486 e. The van der Waals surface area contributed by atoms with E-state index in [1.807, 2.05) is 0 Å². The third-order valence-corrected chi connectivity index (χ3v) is 6.28. The second-order valence-electron chi connectivity index (χ2n) is 8.94. The Bertz CT molecular complexity index is 1230. The highest BCUT2D eigenvalue weighted by molar-refractivity contribution is 6.00. The zero-order valence-corrected chi connectivity index (χ0v) is 18.9. The van der Waals surface area contributed by atoms with Crippen molar-refractivity contribution in [3.8, 4) is 11.6 Å². The van der Waals surface area contributed by atoms with Gasteiger partial charge in [0.1, 0.15) is 24.0 Å². The second-order valence-corrected chi connectivity index (χ2v) is 8.94. The Kier molecular flexibility index (Phi) is 6.27. The summed E-state index contributed by atoms with van der Waals surface area (Å²) in [4.78, 5) is 24.6. The maximum absolute atomic E-state index is 12.9. The zero-order chi connectivity index (χ0) is 24.5. The predicted molar refractivity (Wildman–Crippen MR) is 120 cm³/mol. The summed E-state index contributed by atoms with van der Waals surface area (Å²) in [6, 6.07) is 3.42. The van der Waals surface area contributed by atoms with Crippen LogP contribution >= 0.6 is 0 Å². The van der Waals surface area contributed by atoms with E-state index < -0.39 is 18.9 Å². The molecule has 0 radical (unpaired) electrons. The van der Waals surface area contributed by atoms with Crippen molar-refractivity contribution in [1.29, 1.82) is 0 Å². The van der Waals surface area contributed by atoms with Crippen LogP contribution in [0.15, 0.2) is 30.7 Å². The number of alkyl halides is 2. The Balaban J connectivity index is 1.16. The number of aromatic nitrogens is 4. The molecule has 0 unspecified atom stereocenters. The maximum Gasteiger partial charge on any atom is 0.272 e. The summed E-state index contributed by atoms with van der Waals surface area (Å²) in [5.74, 6) is -0.299. The van der Waals surface area contributed by atoms with Crippen molar-refractivity contribution in [1.82, 2.24) is 24.7 Å². The number of hydrogen-bond acceptors (Lipinski definition) is 6. The van der Waals surface area contributed by atoms with Crippen LogP contribution in [-0.4, -0.2) is 56.4 Å². The number of carbonyl (C=O) groups excluding carboxylic acids is 2. The van der Waals surface area contributed by atoms with Gasteiger partial charge in [-0.1, -0.05) is 0 Å². The largest absolute Gasteiger partial charge is 0.486 e. The van der Waals surface area contributed by atoms with E-state index in [1.54, 1.807) is 16.9 Å². The summed E-state index contributed by atoms with van der Waals surface area (Å²) in [6.45, 7) is -0.710. The average molecular weight is 488 g/mol. The molecule has 2 aliphatic rings. The lowest BCUT2D eigenvalue weighted by Crippen LogP contribution is -2.39. The van der Waals surface area contributed by atoms with Crippen LogP contribution in [-0.2, 0) is 0 Å². The van der Waals surface area contributed by atoms with E-state index >= 15 is 0 Å². The summed E-state index contributed by atoms with van der Waals surface area (Å²) in [5.41, 5.74) is 6.72. The fraction of sp³-hybridized carbons (Fsp3) is 0.478. The molecule has 3 aromatic rings. The van der Waals surface area contributed by atoms with E-state index in [4.69, 9.17) is 15.2 Å². The van der Waals surface area contributed by atoms with Crippen molar-refractivity contribution < 1.29 is 27.8 Å². The highest BCUT2D eigenvalue weighted by atomic mass is 19.3. The molecule has 0 atom stereocenters. The number of pyridine rings is 1. The number of hydrogen-bond donors (Lipinski definition) is 2. The fourth-order valence-corrected chi connectivity index (χ4v) is 4.29. The number of nitrogens with two attached hydrogens (primary N) is 1. The SMILES string of the molecule is NC(=O)c1cn(C2CC2)nc1O[C@H]1CC[C@H](NC(=O)c2cnn3cc(OCC(F)F)ccc23)CC1. The lowest BCUT2D eigenvalue weighted by Gasteiger charge is -2.29. The van der Waals surface area contributed by atoms with E-state index in [1.165, 1.54) is 23.0 Å². The van der Waals surface area contributed by atoms with Crippen LogP contribution in [0, 0.1) is 0 Å². The molecule has 35 heavy (non-hydrogen) atoms. The Morgan fingerprint density at radius 3 is 2.57 bits per heavy atom. The van der Waals surface area contributed by atoms with E-state index in [0.717, 1.165) is 12.8 Å². The molecule has 0 bridgehead atoms. The van der Waals surface area contributed by atoms with Crippen molar-refractivity contribution >= 4 is 17.3 Å². The summed E-state index contributed by atoms with van der Waals surface area (Å²) < 4.78 is 38.9. The lowest BCUT2D eigenvalue weighted by atomic mass is 9.92. The molecule has 3 N–H and O–H groups in total. The van der Waals surface area contributed by atoms with Crippen LogP contribution in [0.5, 0.6) is 11.6 Å². The molecule has 3 aromatic heterocycles. The first-order chi connectivity index (χ1) is 16.9. The van der Waals surface area contributed by atoms with E-state index in [0.29, 0.717) is 48.4 Å². The van der Waals surface area contributed by atoms with Crippen molar-refractivity contribution in [3.63, 3.8) is 0 Å². The summed E-state index contributed by atoms with van der Waals surface area (Å²) in [7, 11) is 0. The van der Waals surface area contributed by atoms with Gasteiger partial charge >= 0.3 is 0 Å². The number of primary amides is 1. The number of rotatable bonds is 9. The first kappa shape index (κ1) is 23.1. The third-order valence-electron chi connectivity index (χ3n) is 6.28. The number of nitrogens with zero attached hydrogens (tertiary/aromatic N) is 4. The van der Waals surface area contributed by atoms with Gasteiger partial charge in [-0.2, -0.15) is 5.10 Å². The van der Waals surface area contributed by atoms with Crippen LogP contribution in [0.1, 0.15) is 65.3 Å². The monoisotopic (exact) mass is 488 g/mol. The van der Waals surface area contributed by atoms with Crippen molar-refractivity contribution in [3.05, 3.63) is 41.9 Å². The predicted octanol–water partition coefficient (Wildman–Crippen LogP) is 2.73. The number of ether oxygens (including phenoxy) is 2. The number of carbonyl (C=O) groups is 2. The van der Waals surface area contributed by atoms with Gasteiger partial charge in [0, 0.05) is 12.2 Å². The molecular formula is C23H26F2N6O4. The molecule has 10 nitrogen and oxygen atoms in total. The first-order valence-corrected chi connectivity index (χ1v) is 11.6. The number of halogens is 2. The first-order valence-electron chi connectivity index (χ1n) is 11.6. The van der Waals surface area contributed by atoms with Crippen molar-refractivity contribution in [2.45, 2.75) is 63.1 Å². The van der Waals surface area contributed by atoms with Gasteiger partial charge in [-0.15, -0.1) is 5.10 Å². The van der Waals surface area contributed by atoms with Crippen LogP contribution in [0.4, 0.5) is 8.78 Å². The van der Waals surface area contributed by atoms with Gasteiger partial charge in [0.25, 0.3) is 18.2 Å². The van der Waals surface area contributed by atoms with E-state index in [9.17, 15) is 18.4 Å². The molecule has 0 aliphatic heterocycles. The van der Waals surface area contributed by atoms with E-state index in [-0.39, 0.29) is 29.7 Å². The van der Waals surface area contributed by atoms with E-state index in [2.05, 4.69) is 15.5 Å². The van der Waals surface area contributed by atoms with Crippen molar-refractivity contribution in [2.75, 3.05) is 6.61 Å². The van der Waals surface area contributed by atoms with Crippen LogP contribution < -0.4 is 20.5 Å². The van der Waals surface area contributed by atoms with Gasteiger partial charge in [-0.05, 0) is 50.7 Å². The zero-order valence-electron chi connectivity index (χ0n) is 18.9. The molecule has 2 amide bonds. The molecule has 2 saturated carbocycles. The quantitative estimate of drug-likeness (QED) is 0.477. The Morgan fingerprint density at radius 1 is 1.11 bits per heavy atom. The smallest absolute Gasteiger partial charge is 0.272 e. The van der Waals surface area contributed by atoms with Gasteiger partial charge < -0.3 is 20.5 Å². The Morgan fingerprint density at radius 2 is 1.89 bits per heavy atom. The minimum atomic E-state index is -2.57. The Labute approximate surface area is 199 Å². The van der Waals surface area contributed by atoms with Crippen molar-refractivity contribution in [2.24, 2.45) is 5.73 Å². The maximum atomic E-state index is 12.9. The third kappa shape index (κ3) is 5.20. The molecule has 3 heterocycles. The topological polar surface area (TPSA) is 126 Å². The van der Waals surface area contributed by atoms with Gasteiger partial charge in [0.2, 0.25) is 5.88 Å². The fourth-order valence-electron chi connectivity index (χ4n) is 4.29. The van der Waals surface area contributed by atoms with Gasteiger partial charge in [-0.3, -0.25) is 14.3 Å². The molecule has 0 saturated heterocycles. The molecule has 0 aromatic carbocycles.